The van der Waals surface area contributed by atoms with Crippen LogP contribution in [-0.4, -0.2) is 29.0 Å². The summed E-state index contributed by atoms with van der Waals surface area (Å²) in [7, 11) is 1.64. The second kappa shape index (κ2) is 8.88. The molecule has 0 bridgehead atoms. The maximum Gasteiger partial charge on any atom is 0.226 e. The van der Waals surface area contributed by atoms with Crippen LogP contribution in [0.2, 0.25) is 0 Å². The third-order valence-electron chi connectivity index (χ3n) is 2.99. The van der Waals surface area contributed by atoms with Crippen LogP contribution in [0.5, 0.6) is 5.75 Å². The minimum absolute atomic E-state index is 0.0441. The number of thioether (sulfide) groups is 1. The lowest BCUT2D eigenvalue weighted by molar-refractivity contribution is -0.116. The van der Waals surface area contributed by atoms with E-state index in [1.807, 2.05) is 24.3 Å². The molecule has 1 heterocycles. The van der Waals surface area contributed by atoms with Crippen LogP contribution in [0, 0.1) is 5.92 Å². The number of carbonyl (C=O) groups is 1. The number of hydrogen-bond acceptors (Lipinski definition) is 6. The van der Waals surface area contributed by atoms with Gasteiger partial charge < -0.3 is 10.1 Å². The lowest BCUT2D eigenvalue weighted by Gasteiger charge is -2.03. The van der Waals surface area contributed by atoms with Gasteiger partial charge in [0.1, 0.15) is 5.75 Å². The average Bonchev–Trinajstić information content (AvgIpc) is 2.99. The molecule has 2 rings (SSSR count). The molecule has 0 aliphatic heterocycles. The summed E-state index contributed by atoms with van der Waals surface area (Å²) in [6.07, 6.45) is 1.10. The predicted molar refractivity (Wildman–Crippen MR) is 95.4 cm³/mol. The van der Waals surface area contributed by atoms with Crippen LogP contribution in [0.15, 0.2) is 28.6 Å². The summed E-state index contributed by atoms with van der Waals surface area (Å²) in [4.78, 5) is 12.0. The summed E-state index contributed by atoms with van der Waals surface area (Å²) in [6, 6.07) is 7.74. The van der Waals surface area contributed by atoms with Crippen molar-refractivity contribution in [1.82, 2.24) is 10.2 Å². The minimum Gasteiger partial charge on any atom is -0.497 e. The number of anilines is 1. The summed E-state index contributed by atoms with van der Waals surface area (Å²) in [6.45, 7) is 4.33. The number of carbonyl (C=O) groups excluding carboxylic acids is 1. The number of amides is 1. The van der Waals surface area contributed by atoms with E-state index in [0.29, 0.717) is 23.9 Å². The summed E-state index contributed by atoms with van der Waals surface area (Å²) in [5.41, 5.74) is 1.10. The lowest BCUT2D eigenvalue weighted by Crippen LogP contribution is -2.12. The van der Waals surface area contributed by atoms with Gasteiger partial charge in [0, 0.05) is 12.2 Å². The maximum absolute atomic E-state index is 12.0. The van der Waals surface area contributed by atoms with Gasteiger partial charge in [-0.2, -0.15) is 0 Å². The van der Waals surface area contributed by atoms with Crippen molar-refractivity contribution in [3.63, 3.8) is 0 Å². The Balaban J connectivity index is 1.77. The largest absolute Gasteiger partial charge is 0.497 e. The Morgan fingerprint density at radius 2 is 2.04 bits per heavy atom. The molecule has 0 unspecified atom stereocenters. The topological polar surface area (TPSA) is 64.1 Å². The molecule has 0 atom stereocenters. The van der Waals surface area contributed by atoms with E-state index in [1.165, 1.54) is 11.3 Å². The van der Waals surface area contributed by atoms with E-state index in [0.717, 1.165) is 21.4 Å². The molecule has 0 radical (unpaired) electrons. The molecule has 0 fully saturated rings. The number of aryl methyl sites for hydroxylation is 1. The van der Waals surface area contributed by atoms with Crippen LogP contribution in [0.25, 0.3) is 0 Å². The van der Waals surface area contributed by atoms with Crippen LogP contribution >= 0.6 is 23.1 Å². The fourth-order valence-corrected chi connectivity index (χ4v) is 3.53. The quantitative estimate of drug-likeness (QED) is 0.578. The van der Waals surface area contributed by atoms with Gasteiger partial charge >= 0.3 is 0 Å². The first kappa shape index (κ1) is 17.7. The minimum atomic E-state index is -0.0441. The Hall–Kier alpha value is -1.60. The molecule has 1 aromatic carbocycles. The molecule has 1 aromatic heterocycles. The molecule has 23 heavy (non-hydrogen) atoms. The van der Waals surface area contributed by atoms with Gasteiger partial charge in [-0.1, -0.05) is 49.1 Å². The number of rotatable bonds is 8. The fraction of sp³-hybridized carbons (Fsp3) is 0.438. The van der Waals surface area contributed by atoms with Crippen molar-refractivity contribution in [2.24, 2.45) is 5.92 Å². The van der Waals surface area contributed by atoms with Crippen LogP contribution in [0.4, 0.5) is 5.13 Å². The highest BCUT2D eigenvalue weighted by Gasteiger charge is 2.09. The van der Waals surface area contributed by atoms with Crippen LogP contribution in [-0.2, 0) is 11.2 Å². The van der Waals surface area contributed by atoms with Gasteiger partial charge in [0.05, 0.1) is 7.11 Å². The molecule has 1 N–H and O–H groups in total. The highest BCUT2D eigenvalue weighted by molar-refractivity contribution is 8.01. The monoisotopic (exact) mass is 351 g/mol. The van der Waals surface area contributed by atoms with E-state index < -0.39 is 0 Å². The van der Waals surface area contributed by atoms with Gasteiger partial charge in [-0.15, -0.1) is 10.2 Å². The molecule has 2 aromatic rings. The normalized spacial score (nSPS) is 10.8. The highest BCUT2D eigenvalue weighted by atomic mass is 32.2. The van der Waals surface area contributed by atoms with Gasteiger partial charge in [0.15, 0.2) is 4.34 Å². The summed E-state index contributed by atoms with van der Waals surface area (Å²) < 4.78 is 6.01. The molecule has 1 amide bonds. The third kappa shape index (κ3) is 6.19. The molecular weight excluding hydrogens is 330 g/mol. The fourth-order valence-electron chi connectivity index (χ4n) is 1.79. The Morgan fingerprint density at radius 3 is 2.70 bits per heavy atom. The van der Waals surface area contributed by atoms with Crippen molar-refractivity contribution < 1.29 is 9.53 Å². The number of aromatic nitrogens is 2. The summed E-state index contributed by atoms with van der Waals surface area (Å²) in [5, 5.41) is 11.5. The highest BCUT2D eigenvalue weighted by Crippen LogP contribution is 2.27. The molecule has 0 spiro atoms. The van der Waals surface area contributed by atoms with E-state index in [-0.39, 0.29) is 5.91 Å². The maximum atomic E-state index is 12.0. The Labute approximate surface area is 144 Å². The van der Waals surface area contributed by atoms with Gasteiger partial charge in [0.25, 0.3) is 0 Å². The third-order valence-corrected chi connectivity index (χ3v) is 5.39. The first-order valence-electron chi connectivity index (χ1n) is 7.46. The summed E-state index contributed by atoms with van der Waals surface area (Å²) in [5.74, 6) is 2.38. The van der Waals surface area contributed by atoms with Crippen molar-refractivity contribution in [1.29, 1.82) is 0 Å². The Kier molecular flexibility index (Phi) is 6.85. The first-order valence-corrected chi connectivity index (χ1v) is 9.26. The number of nitrogens with zero attached hydrogens (tertiary/aromatic N) is 2. The van der Waals surface area contributed by atoms with E-state index in [4.69, 9.17) is 4.74 Å². The number of nitrogens with one attached hydrogen (secondary N) is 1. The second-order valence-electron chi connectivity index (χ2n) is 5.47. The molecule has 0 aliphatic carbocycles. The van der Waals surface area contributed by atoms with Gasteiger partial charge in [-0.05, 0) is 30.0 Å². The average molecular weight is 351 g/mol. The first-order chi connectivity index (χ1) is 11.1. The smallest absolute Gasteiger partial charge is 0.226 e. The molecule has 0 aliphatic rings. The molecule has 7 heteroatoms. The van der Waals surface area contributed by atoms with Crippen molar-refractivity contribution in [2.45, 2.75) is 31.0 Å². The zero-order valence-corrected chi connectivity index (χ0v) is 15.2. The van der Waals surface area contributed by atoms with E-state index in [1.54, 1.807) is 18.9 Å². The zero-order valence-electron chi connectivity index (χ0n) is 13.5. The van der Waals surface area contributed by atoms with E-state index in [9.17, 15) is 4.79 Å². The van der Waals surface area contributed by atoms with Gasteiger partial charge in [-0.25, -0.2) is 0 Å². The van der Waals surface area contributed by atoms with Crippen LogP contribution in [0.1, 0.15) is 25.8 Å². The standard InChI is InChI=1S/C16H21N3O2S2/c1-11(2)10-22-16-19-18-15(23-16)17-14(20)9-6-12-4-7-13(21-3)8-5-12/h4-5,7-8,11H,6,9-10H2,1-3H3,(H,17,18,20). The Bertz CT molecular complexity index is 627. The van der Waals surface area contributed by atoms with Crippen LogP contribution < -0.4 is 10.1 Å². The van der Waals surface area contributed by atoms with Crippen molar-refractivity contribution >= 4 is 34.1 Å². The van der Waals surface area contributed by atoms with E-state index >= 15 is 0 Å². The van der Waals surface area contributed by atoms with Crippen molar-refractivity contribution in [2.75, 3.05) is 18.2 Å². The molecule has 124 valence electrons. The number of ether oxygens (including phenoxy) is 1. The van der Waals surface area contributed by atoms with Gasteiger partial charge in [0.2, 0.25) is 11.0 Å². The number of methoxy groups -OCH3 is 1. The SMILES string of the molecule is COc1ccc(CCC(=O)Nc2nnc(SCC(C)C)s2)cc1. The zero-order chi connectivity index (χ0) is 16.7. The van der Waals surface area contributed by atoms with Gasteiger partial charge in [-0.3, -0.25) is 4.79 Å². The van der Waals surface area contributed by atoms with E-state index in [2.05, 4.69) is 29.4 Å². The molecular formula is C16H21N3O2S2. The van der Waals surface area contributed by atoms with Crippen LogP contribution in [0.3, 0.4) is 0 Å². The second-order valence-corrected chi connectivity index (χ2v) is 7.72. The van der Waals surface area contributed by atoms with Crippen molar-refractivity contribution in [3.05, 3.63) is 29.8 Å². The lowest BCUT2D eigenvalue weighted by atomic mass is 10.1. The van der Waals surface area contributed by atoms with Crippen molar-refractivity contribution in [3.8, 4) is 5.75 Å². The molecule has 0 saturated carbocycles. The number of benzene rings is 1. The summed E-state index contributed by atoms with van der Waals surface area (Å²) >= 11 is 3.09. The number of hydrogen-bond donors (Lipinski definition) is 1. The Morgan fingerprint density at radius 1 is 1.30 bits per heavy atom. The molecule has 5 nitrogen and oxygen atoms in total. The molecule has 0 saturated heterocycles. The predicted octanol–water partition coefficient (Wildman–Crippen LogP) is 3.87.